The molecule has 2 aromatic rings. The molecule has 0 spiro atoms. The fraction of sp³-hybridized carbons (Fsp3) is 0.500. The number of nitrogens with zero attached hydrogens (tertiary/aromatic N) is 4. The molecule has 0 aliphatic heterocycles. The van der Waals surface area contributed by atoms with Crippen LogP contribution in [0.5, 0.6) is 11.5 Å². The van der Waals surface area contributed by atoms with E-state index in [0.717, 1.165) is 6.54 Å². The van der Waals surface area contributed by atoms with E-state index in [9.17, 15) is 0 Å². The van der Waals surface area contributed by atoms with E-state index in [0.29, 0.717) is 23.4 Å². The first-order valence-electron chi connectivity index (χ1n) is 7.00. The first-order chi connectivity index (χ1) is 10.2. The number of hydrogen-bond donors (Lipinski definition) is 1. The predicted molar refractivity (Wildman–Crippen MR) is 76.0 cm³/mol. The molecule has 0 unspecified atom stereocenters. The Labute approximate surface area is 123 Å². The van der Waals surface area contributed by atoms with E-state index < -0.39 is 0 Å². The standard InChI is InChI=1S/C14H19N5O2/c1-19-17-14(16-18-19)9-21-13-7-10(3-6-12(13)20-2)8-15-11-4-5-11/h3,6-7,11,15H,4-5,8-9H2,1-2H3. The van der Waals surface area contributed by atoms with Gasteiger partial charge in [-0.05, 0) is 35.8 Å². The van der Waals surface area contributed by atoms with E-state index in [2.05, 4.69) is 20.7 Å². The molecule has 1 saturated carbocycles. The summed E-state index contributed by atoms with van der Waals surface area (Å²) in [7, 11) is 3.35. The molecular weight excluding hydrogens is 270 g/mol. The molecule has 1 N–H and O–H groups in total. The van der Waals surface area contributed by atoms with Crippen LogP contribution in [0.2, 0.25) is 0 Å². The zero-order chi connectivity index (χ0) is 14.7. The number of tetrazole rings is 1. The molecule has 1 heterocycles. The van der Waals surface area contributed by atoms with Crippen LogP contribution in [-0.2, 0) is 20.2 Å². The highest BCUT2D eigenvalue weighted by atomic mass is 16.5. The number of nitrogens with one attached hydrogen (secondary N) is 1. The van der Waals surface area contributed by atoms with Crippen molar-refractivity contribution in [2.45, 2.75) is 32.0 Å². The number of aromatic nitrogens is 4. The SMILES string of the molecule is COc1ccc(CNC2CC2)cc1OCc1nnn(C)n1. The topological polar surface area (TPSA) is 74.1 Å². The highest BCUT2D eigenvalue weighted by Crippen LogP contribution is 2.29. The van der Waals surface area contributed by atoms with Crippen molar-refractivity contribution in [1.82, 2.24) is 25.5 Å². The third-order valence-corrected chi connectivity index (χ3v) is 3.31. The molecule has 1 aromatic carbocycles. The summed E-state index contributed by atoms with van der Waals surface area (Å²) >= 11 is 0. The molecule has 7 nitrogen and oxygen atoms in total. The van der Waals surface area contributed by atoms with E-state index in [1.807, 2.05) is 18.2 Å². The van der Waals surface area contributed by atoms with Gasteiger partial charge in [-0.25, -0.2) is 0 Å². The Bertz CT molecular complexity index is 609. The van der Waals surface area contributed by atoms with Crippen LogP contribution in [-0.4, -0.2) is 33.4 Å². The van der Waals surface area contributed by atoms with Crippen LogP contribution < -0.4 is 14.8 Å². The van der Waals surface area contributed by atoms with E-state index in [-0.39, 0.29) is 6.61 Å². The average molecular weight is 289 g/mol. The molecule has 1 fully saturated rings. The molecule has 0 saturated heterocycles. The minimum Gasteiger partial charge on any atom is -0.493 e. The molecule has 7 heteroatoms. The Morgan fingerprint density at radius 3 is 2.86 bits per heavy atom. The second-order valence-corrected chi connectivity index (χ2v) is 5.12. The van der Waals surface area contributed by atoms with Crippen LogP contribution in [0, 0.1) is 0 Å². The Hall–Kier alpha value is -2.15. The molecule has 0 radical (unpaired) electrons. The van der Waals surface area contributed by atoms with Crippen LogP contribution >= 0.6 is 0 Å². The molecule has 1 aliphatic carbocycles. The zero-order valence-electron chi connectivity index (χ0n) is 12.2. The van der Waals surface area contributed by atoms with Gasteiger partial charge < -0.3 is 14.8 Å². The first-order valence-corrected chi connectivity index (χ1v) is 7.00. The quantitative estimate of drug-likeness (QED) is 0.821. The minimum atomic E-state index is 0.268. The van der Waals surface area contributed by atoms with Gasteiger partial charge in [-0.15, -0.1) is 10.2 Å². The lowest BCUT2D eigenvalue weighted by atomic mass is 10.2. The van der Waals surface area contributed by atoms with Gasteiger partial charge in [0.1, 0.15) is 0 Å². The van der Waals surface area contributed by atoms with Crippen LogP contribution in [0.1, 0.15) is 24.2 Å². The van der Waals surface area contributed by atoms with Gasteiger partial charge in [0.25, 0.3) is 0 Å². The average Bonchev–Trinajstić information content (AvgIpc) is 3.24. The molecule has 112 valence electrons. The van der Waals surface area contributed by atoms with E-state index in [4.69, 9.17) is 9.47 Å². The number of aryl methyl sites for hydroxylation is 1. The smallest absolute Gasteiger partial charge is 0.212 e. The third-order valence-electron chi connectivity index (χ3n) is 3.31. The first kappa shape index (κ1) is 13.8. The summed E-state index contributed by atoms with van der Waals surface area (Å²) in [6, 6.07) is 6.63. The Morgan fingerprint density at radius 1 is 1.33 bits per heavy atom. The Morgan fingerprint density at radius 2 is 2.19 bits per heavy atom. The summed E-state index contributed by atoms with van der Waals surface area (Å²) < 4.78 is 11.1. The molecule has 0 bridgehead atoms. The van der Waals surface area contributed by atoms with Gasteiger partial charge in [-0.1, -0.05) is 6.07 Å². The fourth-order valence-electron chi connectivity index (χ4n) is 2.02. The normalized spacial score (nSPS) is 14.2. The summed E-state index contributed by atoms with van der Waals surface area (Å²) in [6.07, 6.45) is 2.55. The number of methoxy groups -OCH3 is 1. The lowest BCUT2D eigenvalue weighted by Crippen LogP contribution is -2.15. The summed E-state index contributed by atoms with van der Waals surface area (Å²) in [4.78, 5) is 1.41. The molecule has 3 rings (SSSR count). The summed E-state index contributed by atoms with van der Waals surface area (Å²) in [5.41, 5.74) is 1.17. The van der Waals surface area contributed by atoms with Crippen molar-refractivity contribution in [2.75, 3.05) is 7.11 Å². The van der Waals surface area contributed by atoms with Gasteiger partial charge >= 0.3 is 0 Å². The largest absolute Gasteiger partial charge is 0.493 e. The number of benzene rings is 1. The number of rotatable bonds is 7. The van der Waals surface area contributed by atoms with Crippen LogP contribution in [0.25, 0.3) is 0 Å². The van der Waals surface area contributed by atoms with Gasteiger partial charge in [0.05, 0.1) is 14.2 Å². The van der Waals surface area contributed by atoms with Gasteiger partial charge in [-0.3, -0.25) is 0 Å². The molecule has 1 aromatic heterocycles. The van der Waals surface area contributed by atoms with Crippen molar-refractivity contribution >= 4 is 0 Å². The van der Waals surface area contributed by atoms with Gasteiger partial charge in [0.2, 0.25) is 5.82 Å². The van der Waals surface area contributed by atoms with Crippen molar-refractivity contribution in [1.29, 1.82) is 0 Å². The van der Waals surface area contributed by atoms with Gasteiger partial charge in [-0.2, -0.15) is 4.80 Å². The maximum atomic E-state index is 5.76. The van der Waals surface area contributed by atoms with E-state index in [1.54, 1.807) is 14.2 Å². The van der Waals surface area contributed by atoms with E-state index in [1.165, 1.54) is 23.2 Å². The lowest BCUT2D eigenvalue weighted by molar-refractivity contribution is 0.275. The second kappa shape index (κ2) is 6.09. The summed E-state index contributed by atoms with van der Waals surface area (Å²) in [5.74, 6) is 1.94. The minimum absolute atomic E-state index is 0.268. The Kier molecular flexibility index (Phi) is 4.01. The van der Waals surface area contributed by atoms with Gasteiger partial charge in [0.15, 0.2) is 18.1 Å². The molecule has 1 aliphatic rings. The summed E-state index contributed by atoms with van der Waals surface area (Å²) in [6.45, 7) is 1.11. The highest BCUT2D eigenvalue weighted by Gasteiger charge is 2.20. The van der Waals surface area contributed by atoms with Crippen LogP contribution in [0.3, 0.4) is 0 Å². The molecule has 21 heavy (non-hydrogen) atoms. The van der Waals surface area contributed by atoms with Crippen molar-refractivity contribution in [2.24, 2.45) is 7.05 Å². The van der Waals surface area contributed by atoms with Crippen LogP contribution in [0.4, 0.5) is 0 Å². The maximum Gasteiger partial charge on any atom is 0.212 e. The number of hydrogen-bond acceptors (Lipinski definition) is 6. The van der Waals surface area contributed by atoms with Crippen molar-refractivity contribution < 1.29 is 9.47 Å². The van der Waals surface area contributed by atoms with Gasteiger partial charge in [0, 0.05) is 12.6 Å². The predicted octanol–water partition coefficient (Wildman–Crippen LogP) is 1.05. The highest BCUT2D eigenvalue weighted by molar-refractivity contribution is 5.43. The molecule has 0 atom stereocenters. The zero-order valence-corrected chi connectivity index (χ0v) is 12.2. The fourth-order valence-corrected chi connectivity index (χ4v) is 2.02. The van der Waals surface area contributed by atoms with Crippen molar-refractivity contribution in [3.05, 3.63) is 29.6 Å². The molecule has 0 amide bonds. The van der Waals surface area contributed by atoms with Crippen molar-refractivity contribution in [3.63, 3.8) is 0 Å². The summed E-state index contributed by atoms with van der Waals surface area (Å²) in [5, 5.41) is 15.2. The van der Waals surface area contributed by atoms with E-state index >= 15 is 0 Å². The second-order valence-electron chi connectivity index (χ2n) is 5.12. The third kappa shape index (κ3) is 3.69. The van der Waals surface area contributed by atoms with Crippen molar-refractivity contribution in [3.8, 4) is 11.5 Å². The Balaban J connectivity index is 1.66. The van der Waals surface area contributed by atoms with Crippen LogP contribution in [0.15, 0.2) is 18.2 Å². The maximum absolute atomic E-state index is 5.76. The lowest BCUT2D eigenvalue weighted by Gasteiger charge is -2.11. The molecular formula is C14H19N5O2. The number of ether oxygens (including phenoxy) is 2. The monoisotopic (exact) mass is 289 g/mol.